The minimum absolute atomic E-state index is 0.00774. The number of ether oxygens (including phenoxy) is 1. The lowest BCUT2D eigenvalue weighted by Crippen LogP contribution is -2.42. The number of methoxy groups -OCH3 is 1. The summed E-state index contributed by atoms with van der Waals surface area (Å²) >= 11 is 0. The number of piperidine rings is 1. The first-order valence-electron chi connectivity index (χ1n) is 11.4. The van der Waals surface area contributed by atoms with Crippen molar-refractivity contribution in [1.29, 1.82) is 0 Å². The predicted molar refractivity (Wildman–Crippen MR) is 130 cm³/mol. The fourth-order valence-corrected chi connectivity index (χ4v) is 6.40. The van der Waals surface area contributed by atoms with Crippen molar-refractivity contribution >= 4 is 15.9 Å². The van der Waals surface area contributed by atoms with E-state index in [9.17, 15) is 17.6 Å². The third-order valence-electron chi connectivity index (χ3n) is 6.21. The van der Waals surface area contributed by atoms with E-state index in [-0.39, 0.29) is 46.4 Å². The highest BCUT2D eigenvalue weighted by Gasteiger charge is 2.34. The van der Waals surface area contributed by atoms with Gasteiger partial charge in [-0.25, -0.2) is 12.8 Å². The van der Waals surface area contributed by atoms with Crippen LogP contribution in [0.15, 0.2) is 47.4 Å². The van der Waals surface area contributed by atoms with Crippen LogP contribution in [0.25, 0.3) is 0 Å². The fraction of sp³-hybridized carbons (Fsp3) is 0.480. The number of carbonyl (C=O) groups excluding carboxylic acids is 1. The highest BCUT2D eigenvalue weighted by molar-refractivity contribution is 7.89. The Morgan fingerprint density at radius 2 is 1.76 bits per heavy atom. The molecular formula is C25H34FN3O4S. The summed E-state index contributed by atoms with van der Waals surface area (Å²) in [6.45, 7) is 5.23. The number of nitrogens with one attached hydrogen (secondary N) is 1. The van der Waals surface area contributed by atoms with Crippen molar-refractivity contribution < 1.29 is 22.3 Å². The largest absolute Gasteiger partial charge is 0.495 e. The van der Waals surface area contributed by atoms with Crippen LogP contribution in [0.1, 0.15) is 42.2 Å². The molecule has 0 spiro atoms. The molecule has 2 aromatic rings. The van der Waals surface area contributed by atoms with E-state index in [0.717, 1.165) is 12.0 Å². The van der Waals surface area contributed by atoms with Gasteiger partial charge in [0, 0.05) is 25.2 Å². The third-order valence-corrected chi connectivity index (χ3v) is 8.07. The van der Waals surface area contributed by atoms with Gasteiger partial charge in [0.2, 0.25) is 10.0 Å². The number of nitrogens with zero attached hydrogens (tertiary/aromatic N) is 2. The minimum atomic E-state index is -3.83. The lowest BCUT2D eigenvalue weighted by molar-refractivity contribution is 0.0941. The first-order chi connectivity index (χ1) is 16.0. The summed E-state index contributed by atoms with van der Waals surface area (Å²) in [6, 6.07) is 10.4. The Hall–Kier alpha value is -2.49. The molecule has 0 radical (unpaired) electrons. The number of rotatable bonds is 8. The number of likely N-dealkylation sites (N-methyl/N-ethyl adjacent to an activating group) is 1. The summed E-state index contributed by atoms with van der Waals surface area (Å²) in [5.41, 5.74) is 1.09. The van der Waals surface area contributed by atoms with E-state index in [4.69, 9.17) is 4.74 Å². The van der Waals surface area contributed by atoms with Crippen LogP contribution in [-0.4, -0.2) is 64.4 Å². The van der Waals surface area contributed by atoms with Crippen molar-refractivity contribution in [3.8, 4) is 5.75 Å². The molecule has 3 atom stereocenters. The molecule has 1 aliphatic rings. The molecule has 3 rings (SSSR count). The Morgan fingerprint density at radius 3 is 2.32 bits per heavy atom. The standard InChI is InChI=1S/C25H34FN3O4S/c1-17-12-18(2)16-29(15-17)34(31,32)24-13-20(8-11-23(24)33-5)25(30)27-14-22(28(3)4)19-6-9-21(26)10-7-19/h6-11,13,17-18,22H,12,14-16H2,1-5H3,(H,27,30). The van der Waals surface area contributed by atoms with Gasteiger partial charge < -0.3 is 15.0 Å². The van der Waals surface area contributed by atoms with Crippen LogP contribution in [-0.2, 0) is 10.0 Å². The zero-order valence-corrected chi connectivity index (χ0v) is 21.2. The van der Waals surface area contributed by atoms with Gasteiger partial charge >= 0.3 is 0 Å². The van der Waals surface area contributed by atoms with E-state index < -0.39 is 15.9 Å². The van der Waals surface area contributed by atoms with E-state index in [0.29, 0.717) is 13.1 Å². The second-order valence-corrected chi connectivity index (χ2v) is 11.3. The second-order valence-electron chi connectivity index (χ2n) is 9.37. The van der Waals surface area contributed by atoms with Crippen molar-refractivity contribution in [1.82, 2.24) is 14.5 Å². The zero-order valence-electron chi connectivity index (χ0n) is 20.4. The topological polar surface area (TPSA) is 79.0 Å². The Balaban J connectivity index is 1.83. The average molecular weight is 492 g/mol. The smallest absolute Gasteiger partial charge is 0.251 e. The van der Waals surface area contributed by atoms with Crippen LogP contribution in [0, 0.1) is 17.7 Å². The Kier molecular flexibility index (Phi) is 8.33. The van der Waals surface area contributed by atoms with Gasteiger partial charge in [0.05, 0.1) is 13.2 Å². The summed E-state index contributed by atoms with van der Waals surface area (Å²) in [5, 5.41) is 2.88. The van der Waals surface area contributed by atoms with Gasteiger partial charge in [-0.05, 0) is 68.2 Å². The van der Waals surface area contributed by atoms with E-state index in [1.54, 1.807) is 18.2 Å². The van der Waals surface area contributed by atoms with Gasteiger partial charge in [-0.2, -0.15) is 4.31 Å². The van der Waals surface area contributed by atoms with Gasteiger partial charge in [-0.1, -0.05) is 26.0 Å². The van der Waals surface area contributed by atoms with Gasteiger partial charge in [-0.3, -0.25) is 4.79 Å². The summed E-state index contributed by atoms with van der Waals surface area (Å²) in [4.78, 5) is 14.9. The fourth-order valence-electron chi connectivity index (χ4n) is 4.54. The molecule has 1 N–H and O–H groups in total. The number of benzene rings is 2. The minimum Gasteiger partial charge on any atom is -0.495 e. The lowest BCUT2D eigenvalue weighted by atomic mass is 9.94. The predicted octanol–water partition coefficient (Wildman–Crippen LogP) is 3.53. The molecular weight excluding hydrogens is 457 g/mol. The molecule has 0 aromatic heterocycles. The molecule has 34 heavy (non-hydrogen) atoms. The number of amides is 1. The number of carbonyl (C=O) groups is 1. The molecule has 2 aromatic carbocycles. The van der Waals surface area contributed by atoms with E-state index >= 15 is 0 Å². The maximum absolute atomic E-state index is 13.5. The molecule has 9 heteroatoms. The first kappa shape index (κ1) is 26.1. The Morgan fingerprint density at radius 1 is 1.15 bits per heavy atom. The number of halogens is 1. The molecule has 0 bridgehead atoms. The molecule has 186 valence electrons. The zero-order chi connectivity index (χ0) is 25.0. The average Bonchev–Trinajstić information content (AvgIpc) is 2.79. The molecule has 3 unspecified atom stereocenters. The van der Waals surface area contributed by atoms with Crippen LogP contribution in [0.5, 0.6) is 5.75 Å². The van der Waals surface area contributed by atoms with Crippen molar-refractivity contribution in [2.45, 2.75) is 31.2 Å². The quantitative estimate of drug-likeness (QED) is 0.611. The monoisotopic (exact) mass is 491 g/mol. The maximum Gasteiger partial charge on any atom is 0.251 e. The number of hydrogen-bond acceptors (Lipinski definition) is 5. The molecule has 0 saturated carbocycles. The lowest BCUT2D eigenvalue weighted by Gasteiger charge is -2.34. The van der Waals surface area contributed by atoms with Gasteiger partial charge in [0.1, 0.15) is 16.5 Å². The summed E-state index contributed by atoms with van der Waals surface area (Å²) in [7, 11) is 1.33. The van der Waals surface area contributed by atoms with Crippen molar-refractivity contribution in [2.24, 2.45) is 11.8 Å². The molecule has 7 nitrogen and oxygen atoms in total. The van der Waals surface area contributed by atoms with Crippen LogP contribution >= 0.6 is 0 Å². The van der Waals surface area contributed by atoms with Crippen molar-refractivity contribution in [3.05, 3.63) is 59.4 Å². The van der Waals surface area contributed by atoms with Crippen LogP contribution in [0.3, 0.4) is 0 Å². The summed E-state index contributed by atoms with van der Waals surface area (Å²) in [5.74, 6) is -0.000953. The van der Waals surface area contributed by atoms with Gasteiger partial charge in [-0.15, -0.1) is 0 Å². The molecule has 1 fully saturated rings. The molecule has 0 aliphatic carbocycles. The second kappa shape index (κ2) is 10.8. The molecule has 1 aliphatic heterocycles. The Bertz CT molecular complexity index is 1100. The van der Waals surface area contributed by atoms with Crippen molar-refractivity contribution in [2.75, 3.05) is 40.8 Å². The highest BCUT2D eigenvalue weighted by atomic mass is 32.2. The first-order valence-corrected chi connectivity index (χ1v) is 12.8. The van der Waals surface area contributed by atoms with Crippen LogP contribution in [0.4, 0.5) is 4.39 Å². The number of hydrogen-bond donors (Lipinski definition) is 1. The number of sulfonamides is 1. The third kappa shape index (κ3) is 5.95. The van der Waals surface area contributed by atoms with Crippen LogP contribution in [0.2, 0.25) is 0 Å². The summed E-state index contributed by atoms with van der Waals surface area (Å²) < 4.78 is 47.1. The van der Waals surface area contributed by atoms with Gasteiger partial charge in [0.25, 0.3) is 5.91 Å². The molecule has 1 heterocycles. The molecule has 1 saturated heterocycles. The van der Waals surface area contributed by atoms with Crippen LogP contribution < -0.4 is 10.1 Å². The Labute approximate surface area is 201 Å². The maximum atomic E-state index is 13.5. The molecule has 1 amide bonds. The van der Waals surface area contributed by atoms with Crippen molar-refractivity contribution in [3.63, 3.8) is 0 Å². The normalized spacial score (nSPS) is 20.2. The van der Waals surface area contributed by atoms with E-state index in [1.165, 1.54) is 35.7 Å². The SMILES string of the molecule is COc1ccc(C(=O)NCC(c2ccc(F)cc2)N(C)C)cc1S(=O)(=O)N1CC(C)CC(C)C1. The summed E-state index contributed by atoms with van der Waals surface area (Å²) in [6.07, 6.45) is 0.979. The van der Waals surface area contributed by atoms with E-state index in [2.05, 4.69) is 5.32 Å². The highest BCUT2D eigenvalue weighted by Crippen LogP contribution is 2.32. The van der Waals surface area contributed by atoms with Gasteiger partial charge in [0.15, 0.2) is 0 Å². The van der Waals surface area contributed by atoms with E-state index in [1.807, 2.05) is 32.8 Å².